The fraction of sp³-hybridized carbons (Fsp3) is 0.952. The third kappa shape index (κ3) is 1.93. The van der Waals surface area contributed by atoms with Crippen LogP contribution in [0.3, 0.4) is 0 Å². The van der Waals surface area contributed by atoms with Gasteiger partial charge in [0.05, 0.1) is 0 Å². The Kier molecular flexibility index (Phi) is 3.51. The third-order valence-electron chi connectivity index (χ3n) is 9.17. The summed E-state index contributed by atoms with van der Waals surface area (Å²) < 4.78 is 0. The Morgan fingerprint density at radius 3 is 2.50 bits per heavy atom. The molecule has 0 aromatic rings. The molecule has 4 fully saturated rings. The van der Waals surface area contributed by atoms with Crippen LogP contribution in [0.15, 0.2) is 0 Å². The molecule has 4 saturated carbocycles. The molecule has 0 amide bonds. The summed E-state index contributed by atoms with van der Waals surface area (Å²) in [6.45, 7) is 7.61. The second-order valence-corrected chi connectivity index (χ2v) is 9.63. The minimum absolute atomic E-state index is 0.489. The number of ketones is 1. The molecule has 4 aliphatic carbocycles. The van der Waals surface area contributed by atoms with E-state index in [-0.39, 0.29) is 0 Å². The van der Waals surface area contributed by atoms with Gasteiger partial charge in [-0.2, -0.15) is 0 Å². The lowest BCUT2D eigenvalue weighted by Crippen LogP contribution is -2.53. The Balaban J connectivity index is 1.62. The summed E-state index contributed by atoms with van der Waals surface area (Å²) in [5.74, 6) is 5.14. The van der Waals surface area contributed by atoms with Crippen LogP contribution in [0.5, 0.6) is 0 Å². The zero-order chi connectivity index (χ0) is 15.5. The van der Waals surface area contributed by atoms with E-state index in [0.717, 1.165) is 36.5 Å². The van der Waals surface area contributed by atoms with Gasteiger partial charge in [-0.1, -0.05) is 27.2 Å². The Labute approximate surface area is 136 Å². The molecule has 22 heavy (non-hydrogen) atoms. The maximum Gasteiger partial charge on any atom is 0.133 e. The smallest absolute Gasteiger partial charge is 0.133 e. The van der Waals surface area contributed by atoms with Gasteiger partial charge in [-0.05, 0) is 85.4 Å². The van der Waals surface area contributed by atoms with Gasteiger partial charge in [-0.15, -0.1) is 0 Å². The van der Waals surface area contributed by atoms with Crippen molar-refractivity contribution in [1.29, 1.82) is 0 Å². The van der Waals surface area contributed by atoms with E-state index >= 15 is 0 Å². The molecular weight excluding hydrogens is 268 g/mol. The summed E-state index contributed by atoms with van der Waals surface area (Å²) in [5.41, 5.74) is 1.13. The van der Waals surface area contributed by atoms with Crippen LogP contribution < -0.4 is 0 Å². The Hall–Kier alpha value is -0.330. The molecule has 0 aliphatic heterocycles. The summed E-state index contributed by atoms with van der Waals surface area (Å²) in [6, 6.07) is 0. The first-order chi connectivity index (χ1) is 10.5. The molecule has 0 radical (unpaired) electrons. The fourth-order valence-corrected chi connectivity index (χ4v) is 7.82. The number of rotatable bonds is 1. The quantitative estimate of drug-likeness (QED) is 0.614. The second kappa shape index (κ2) is 5.08. The van der Waals surface area contributed by atoms with E-state index in [4.69, 9.17) is 0 Å². The van der Waals surface area contributed by atoms with Gasteiger partial charge < -0.3 is 0 Å². The van der Waals surface area contributed by atoms with Crippen LogP contribution in [-0.4, -0.2) is 5.78 Å². The van der Waals surface area contributed by atoms with Crippen molar-refractivity contribution in [2.45, 2.75) is 85.0 Å². The fourth-order valence-electron chi connectivity index (χ4n) is 7.82. The van der Waals surface area contributed by atoms with Gasteiger partial charge in [-0.3, -0.25) is 4.79 Å². The maximum atomic E-state index is 11.9. The SMILES string of the molecule is CC[C@@H]1CC[C@@H]2[C@@H]3CC[C@H]4CC(=O)CC[C@]4(C)[C@@H]3CC[C@]12C. The van der Waals surface area contributed by atoms with E-state index in [1.54, 1.807) is 0 Å². The van der Waals surface area contributed by atoms with E-state index in [1.165, 1.54) is 51.4 Å². The lowest BCUT2D eigenvalue weighted by atomic mass is 9.45. The molecule has 7 atom stereocenters. The van der Waals surface area contributed by atoms with Gasteiger partial charge in [0.25, 0.3) is 0 Å². The van der Waals surface area contributed by atoms with Crippen molar-refractivity contribution in [3.8, 4) is 0 Å². The van der Waals surface area contributed by atoms with E-state index in [1.807, 2.05) is 0 Å². The third-order valence-corrected chi connectivity index (χ3v) is 9.17. The Morgan fingerprint density at radius 1 is 0.955 bits per heavy atom. The first kappa shape index (κ1) is 15.2. The molecule has 0 spiro atoms. The summed E-state index contributed by atoms with van der Waals surface area (Å²) in [7, 11) is 0. The highest BCUT2D eigenvalue weighted by atomic mass is 16.1. The van der Waals surface area contributed by atoms with Gasteiger partial charge in [-0.25, -0.2) is 0 Å². The molecule has 0 unspecified atom stereocenters. The van der Waals surface area contributed by atoms with Crippen molar-refractivity contribution in [2.75, 3.05) is 0 Å². The highest BCUT2D eigenvalue weighted by molar-refractivity contribution is 5.79. The molecule has 0 aromatic heterocycles. The van der Waals surface area contributed by atoms with Crippen molar-refractivity contribution in [3.63, 3.8) is 0 Å². The summed E-state index contributed by atoms with van der Waals surface area (Å²) >= 11 is 0. The summed E-state index contributed by atoms with van der Waals surface area (Å²) in [4.78, 5) is 11.9. The van der Waals surface area contributed by atoms with Gasteiger partial charge in [0.2, 0.25) is 0 Å². The number of Topliss-reactive ketones (excluding diaryl/α,β-unsaturated/α-hetero) is 1. The zero-order valence-electron chi connectivity index (χ0n) is 14.9. The van der Waals surface area contributed by atoms with E-state index in [0.29, 0.717) is 22.5 Å². The molecule has 0 heterocycles. The highest BCUT2D eigenvalue weighted by Crippen LogP contribution is 2.67. The summed E-state index contributed by atoms with van der Waals surface area (Å²) in [5, 5.41) is 0. The van der Waals surface area contributed by atoms with Crippen molar-refractivity contribution in [3.05, 3.63) is 0 Å². The zero-order valence-corrected chi connectivity index (χ0v) is 14.9. The molecule has 1 nitrogen and oxygen atoms in total. The van der Waals surface area contributed by atoms with Gasteiger partial charge in [0, 0.05) is 12.8 Å². The lowest BCUT2D eigenvalue weighted by Gasteiger charge is -2.60. The van der Waals surface area contributed by atoms with Crippen LogP contribution in [-0.2, 0) is 4.79 Å². The normalized spacial score (nSPS) is 54.5. The molecule has 1 heteroatoms. The number of fused-ring (bicyclic) bond motifs is 5. The van der Waals surface area contributed by atoms with Gasteiger partial charge in [0.1, 0.15) is 5.78 Å². The maximum absolute atomic E-state index is 11.9. The molecular formula is C21H34O. The molecule has 0 N–H and O–H groups in total. The number of carbonyl (C=O) groups is 1. The Bertz CT molecular complexity index is 469. The Morgan fingerprint density at radius 2 is 1.73 bits per heavy atom. The highest BCUT2D eigenvalue weighted by Gasteiger charge is 2.59. The monoisotopic (exact) mass is 302 g/mol. The molecule has 4 aliphatic rings. The van der Waals surface area contributed by atoms with Crippen LogP contribution in [0.2, 0.25) is 0 Å². The minimum atomic E-state index is 0.489. The van der Waals surface area contributed by atoms with Crippen molar-refractivity contribution < 1.29 is 4.79 Å². The van der Waals surface area contributed by atoms with Crippen molar-refractivity contribution >= 4 is 5.78 Å². The average molecular weight is 303 g/mol. The molecule has 0 aromatic carbocycles. The molecule has 0 saturated heterocycles. The lowest BCUT2D eigenvalue weighted by molar-refractivity contribution is -0.139. The molecule has 0 bridgehead atoms. The predicted molar refractivity (Wildman–Crippen MR) is 90.5 cm³/mol. The summed E-state index contributed by atoms with van der Waals surface area (Å²) in [6.07, 6.45) is 13.0. The van der Waals surface area contributed by atoms with Crippen LogP contribution >= 0.6 is 0 Å². The van der Waals surface area contributed by atoms with Crippen molar-refractivity contribution in [2.24, 2.45) is 40.4 Å². The average Bonchev–Trinajstić information content (AvgIpc) is 2.84. The molecule has 124 valence electrons. The topological polar surface area (TPSA) is 17.1 Å². The number of carbonyl (C=O) groups excluding carboxylic acids is 1. The van der Waals surface area contributed by atoms with E-state index in [2.05, 4.69) is 20.8 Å². The number of hydrogen-bond acceptors (Lipinski definition) is 1. The van der Waals surface area contributed by atoms with Crippen molar-refractivity contribution in [1.82, 2.24) is 0 Å². The number of hydrogen-bond donors (Lipinski definition) is 0. The first-order valence-electron chi connectivity index (χ1n) is 10.0. The largest absolute Gasteiger partial charge is 0.300 e. The van der Waals surface area contributed by atoms with Gasteiger partial charge >= 0.3 is 0 Å². The predicted octanol–water partition coefficient (Wildman–Crippen LogP) is 5.62. The van der Waals surface area contributed by atoms with Crippen LogP contribution in [0.4, 0.5) is 0 Å². The van der Waals surface area contributed by atoms with Crippen LogP contribution in [0, 0.1) is 40.4 Å². The van der Waals surface area contributed by atoms with Crippen LogP contribution in [0.25, 0.3) is 0 Å². The van der Waals surface area contributed by atoms with Gasteiger partial charge in [0.15, 0.2) is 0 Å². The van der Waals surface area contributed by atoms with E-state index in [9.17, 15) is 4.79 Å². The molecule has 4 rings (SSSR count). The van der Waals surface area contributed by atoms with E-state index < -0.39 is 0 Å². The second-order valence-electron chi connectivity index (χ2n) is 9.63. The standard InChI is InChI=1S/C21H34O/c1-4-14-6-8-18-17-7-5-15-13-16(22)9-11-21(15,3)19(17)10-12-20(14,18)2/h14-15,17-19H,4-13H2,1-3H3/t14-,15+,17+,18-,19-,20-,21+/m1/s1. The first-order valence-corrected chi connectivity index (χ1v) is 10.0. The van der Waals surface area contributed by atoms with Crippen LogP contribution in [0.1, 0.15) is 85.0 Å². The minimum Gasteiger partial charge on any atom is -0.300 e.